The van der Waals surface area contributed by atoms with Gasteiger partial charge in [0.1, 0.15) is 5.75 Å². The van der Waals surface area contributed by atoms with Crippen LogP contribution in [-0.2, 0) is 0 Å². The van der Waals surface area contributed by atoms with Gasteiger partial charge in [0.2, 0.25) is 0 Å². The highest BCUT2D eigenvalue weighted by Gasteiger charge is 2.05. The molecule has 1 aromatic carbocycles. The zero-order chi connectivity index (χ0) is 11.7. The predicted octanol–water partition coefficient (Wildman–Crippen LogP) is 2.40. The third-order valence-electron chi connectivity index (χ3n) is 2.68. The molecule has 0 N–H and O–H groups in total. The van der Waals surface area contributed by atoms with Crippen LogP contribution in [0.2, 0.25) is 0 Å². The summed E-state index contributed by atoms with van der Waals surface area (Å²) in [5.41, 5.74) is 2.94. The molecule has 0 spiro atoms. The number of ether oxygens (including phenoxy) is 1. The molecule has 84 valence electrons. The molecular formula is C13H11N3O. The molecule has 3 aromatic rings. The minimum absolute atomic E-state index is 0.838. The molecule has 0 bridgehead atoms. The van der Waals surface area contributed by atoms with Crippen LogP contribution in [0.3, 0.4) is 0 Å². The number of methoxy groups -OCH3 is 1. The van der Waals surface area contributed by atoms with Crippen molar-refractivity contribution in [3.05, 3.63) is 49.1 Å². The Balaban J connectivity index is 2.20. The van der Waals surface area contributed by atoms with Crippen LogP contribution in [0.15, 0.2) is 49.1 Å². The molecular weight excluding hydrogens is 214 g/mol. The van der Waals surface area contributed by atoms with E-state index < -0.39 is 0 Å². The van der Waals surface area contributed by atoms with Crippen molar-refractivity contribution in [1.29, 1.82) is 0 Å². The lowest BCUT2D eigenvalue weighted by Crippen LogP contribution is -1.89. The van der Waals surface area contributed by atoms with Crippen LogP contribution < -0.4 is 4.74 Å². The van der Waals surface area contributed by atoms with Gasteiger partial charge in [-0.05, 0) is 12.1 Å². The van der Waals surface area contributed by atoms with Crippen molar-refractivity contribution >= 4 is 5.65 Å². The van der Waals surface area contributed by atoms with Gasteiger partial charge in [0.25, 0.3) is 0 Å². The first-order valence-electron chi connectivity index (χ1n) is 5.30. The summed E-state index contributed by atoms with van der Waals surface area (Å²) in [5, 5.41) is 0. The highest BCUT2D eigenvalue weighted by Crippen LogP contribution is 2.24. The largest absolute Gasteiger partial charge is 0.497 e. The molecule has 2 aromatic heterocycles. The Morgan fingerprint density at radius 3 is 3.06 bits per heavy atom. The van der Waals surface area contributed by atoms with E-state index in [1.165, 1.54) is 0 Å². The van der Waals surface area contributed by atoms with Gasteiger partial charge < -0.3 is 4.74 Å². The number of benzene rings is 1. The van der Waals surface area contributed by atoms with Crippen molar-refractivity contribution in [3.63, 3.8) is 0 Å². The monoisotopic (exact) mass is 225 g/mol. The number of fused-ring (bicyclic) bond motifs is 1. The Labute approximate surface area is 98.5 Å². The molecule has 0 unspecified atom stereocenters. The standard InChI is InChI=1S/C13H11N3O/c1-17-11-4-2-3-10(7-11)12-8-15-13-9-14-5-6-16(12)13/h2-9H,1H3. The Morgan fingerprint density at radius 2 is 2.18 bits per heavy atom. The van der Waals surface area contributed by atoms with E-state index in [1.807, 2.05) is 41.1 Å². The average molecular weight is 225 g/mol. The maximum atomic E-state index is 5.22. The van der Waals surface area contributed by atoms with Crippen LogP contribution in [0.4, 0.5) is 0 Å². The molecule has 0 aliphatic heterocycles. The molecule has 3 rings (SSSR count). The highest BCUT2D eigenvalue weighted by molar-refractivity contribution is 5.64. The van der Waals surface area contributed by atoms with E-state index in [0.29, 0.717) is 0 Å². The SMILES string of the molecule is COc1cccc(-c2cnc3cnccn23)c1. The molecule has 2 heterocycles. The third-order valence-corrected chi connectivity index (χ3v) is 2.68. The zero-order valence-electron chi connectivity index (χ0n) is 9.37. The van der Waals surface area contributed by atoms with E-state index in [1.54, 1.807) is 19.5 Å². The van der Waals surface area contributed by atoms with E-state index in [0.717, 1.165) is 22.7 Å². The maximum Gasteiger partial charge on any atom is 0.155 e. The molecule has 4 nitrogen and oxygen atoms in total. The highest BCUT2D eigenvalue weighted by atomic mass is 16.5. The predicted molar refractivity (Wildman–Crippen MR) is 65.0 cm³/mol. The summed E-state index contributed by atoms with van der Waals surface area (Å²) in [6.45, 7) is 0. The topological polar surface area (TPSA) is 39.4 Å². The fraction of sp³-hybridized carbons (Fsp3) is 0.0769. The van der Waals surface area contributed by atoms with Gasteiger partial charge in [-0.15, -0.1) is 0 Å². The molecule has 0 radical (unpaired) electrons. The van der Waals surface area contributed by atoms with Crippen molar-refractivity contribution in [2.24, 2.45) is 0 Å². The summed E-state index contributed by atoms with van der Waals surface area (Å²) in [4.78, 5) is 8.36. The van der Waals surface area contributed by atoms with Crippen molar-refractivity contribution in [1.82, 2.24) is 14.4 Å². The van der Waals surface area contributed by atoms with Crippen molar-refractivity contribution < 1.29 is 4.74 Å². The van der Waals surface area contributed by atoms with Gasteiger partial charge in [0, 0.05) is 18.0 Å². The Kier molecular flexibility index (Phi) is 2.26. The minimum atomic E-state index is 0.838. The molecule has 4 heteroatoms. The van der Waals surface area contributed by atoms with Crippen LogP contribution in [0.1, 0.15) is 0 Å². The smallest absolute Gasteiger partial charge is 0.155 e. The maximum absolute atomic E-state index is 5.22. The second-order valence-electron chi connectivity index (χ2n) is 3.68. The number of aromatic nitrogens is 3. The second kappa shape index (κ2) is 3.90. The van der Waals surface area contributed by atoms with Gasteiger partial charge in [-0.3, -0.25) is 9.38 Å². The van der Waals surface area contributed by atoms with Crippen LogP contribution in [0.5, 0.6) is 5.75 Å². The Morgan fingerprint density at radius 1 is 1.24 bits per heavy atom. The summed E-state index contributed by atoms with van der Waals surface area (Å²) >= 11 is 0. The lowest BCUT2D eigenvalue weighted by Gasteiger charge is -2.04. The molecule has 0 saturated carbocycles. The number of nitrogens with zero attached hydrogens (tertiary/aromatic N) is 3. The zero-order valence-corrected chi connectivity index (χ0v) is 9.37. The molecule has 0 aliphatic rings. The third kappa shape index (κ3) is 1.63. The molecule has 0 fully saturated rings. The van der Waals surface area contributed by atoms with Crippen LogP contribution in [0.25, 0.3) is 16.9 Å². The normalized spacial score (nSPS) is 10.6. The molecule has 0 saturated heterocycles. The number of hydrogen-bond donors (Lipinski definition) is 0. The lowest BCUT2D eigenvalue weighted by atomic mass is 10.1. The van der Waals surface area contributed by atoms with E-state index >= 15 is 0 Å². The summed E-state index contributed by atoms with van der Waals surface area (Å²) in [6.07, 6.45) is 7.23. The quantitative estimate of drug-likeness (QED) is 0.672. The molecule has 17 heavy (non-hydrogen) atoms. The van der Waals surface area contributed by atoms with Crippen molar-refractivity contribution in [2.45, 2.75) is 0 Å². The van der Waals surface area contributed by atoms with Crippen molar-refractivity contribution in [3.8, 4) is 17.0 Å². The first-order valence-corrected chi connectivity index (χ1v) is 5.30. The summed E-state index contributed by atoms with van der Waals surface area (Å²) < 4.78 is 7.22. The fourth-order valence-corrected chi connectivity index (χ4v) is 1.84. The molecule has 0 atom stereocenters. The van der Waals surface area contributed by atoms with Gasteiger partial charge in [-0.25, -0.2) is 4.98 Å². The average Bonchev–Trinajstić information content (AvgIpc) is 2.82. The van der Waals surface area contributed by atoms with Gasteiger partial charge in [0.05, 0.1) is 25.2 Å². The van der Waals surface area contributed by atoms with Crippen LogP contribution in [-0.4, -0.2) is 21.5 Å². The van der Waals surface area contributed by atoms with Crippen LogP contribution in [0, 0.1) is 0 Å². The van der Waals surface area contributed by atoms with E-state index in [2.05, 4.69) is 9.97 Å². The van der Waals surface area contributed by atoms with E-state index in [-0.39, 0.29) is 0 Å². The second-order valence-corrected chi connectivity index (χ2v) is 3.68. The van der Waals surface area contributed by atoms with E-state index in [9.17, 15) is 0 Å². The van der Waals surface area contributed by atoms with E-state index in [4.69, 9.17) is 4.74 Å². The van der Waals surface area contributed by atoms with Crippen molar-refractivity contribution in [2.75, 3.05) is 7.11 Å². The summed E-state index contributed by atoms with van der Waals surface area (Å²) in [6, 6.07) is 7.92. The molecule has 0 amide bonds. The number of rotatable bonds is 2. The minimum Gasteiger partial charge on any atom is -0.497 e. The van der Waals surface area contributed by atoms with Gasteiger partial charge in [0.15, 0.2) is 5.65 Å². The number of imidazole rings is 1. The Hall–Kier alpha value is -2.36. The lowest BCUT2D eigenvalue weighted by molar-refractivity contribution is 0.415. The molecule has 0 aliphatic carbocycles. The Bertz CT molecular complexity index is 660. The first kappa shape index (κ1) is 9.84. The fourth-order valence-electron chi connectivity index (χ4n) is 1.84. The van der Waals surface area contributed by atoms with Gasteiger partial charge in [-0.1, -0.05) is 12.1 Å². The first-order chi connectivity index (χ1) is 8.38. The van der Waals surface area contributed by atoms with Gasteiger partial charge >= 0.3 is 0 Å². The number of hydrogen-bond acceptors (Lipinski definition) is 3. The summed E-state index contributed by atoms with van der Waals surface area (Å²) in [5.74, 6) is 0.839. The van der Waals surface area contributed by atoms with Gasteiger partial charge in [-0.2, -0.15) is 0 Å². The summed E-state index contributed by atoms with van der Waals surface area (Å²) in [7, 11) is 1.66. The van der Waals surface area contributed by atoms with Crippen LogP contribution >= 0.6 is 0 Å².